The second-order valence-electron chi connectivity index (χ2n) is 3.57. The maximum atomic E-state index is 5.97. The monoisotopic (exact) mass is 266 g/mol. The molecule has 0 fully saturated rings. The largest absolute Gasteiger partial charge is 0.328 e. The van der Waals surface area contributed by atoms with E-state index in [9.17, 15) is 0 Å². The summed E-state index contributed by atoms with van der Waals surface area (Å²) in [5, 5.41) is 1.40. The first-order chi connectivity index (χ1) is 8.20. The summed E-state index contributed by atoms with van der Waals surface area (Å²) in [6, 6.07) is 15.1. The van der Waals surface area contributed by atoms with Gasteiger partial charge in [-0.1, -0.05) is 29.3 Å². The molecular formula is C13H12Cl2N2. The van der Waals surface area contributed by atoms with Crippen molar-refractivity contribution >= 4 is 34.6 Å². The molecule has 0 atom stereocenters. The third-order valence-electron chi connectivity index (χ3n) is 2.44. The lowest BCUT2D eigenvalue weighted by molar-refractivity contribution is 0.983. The average Bonchev–Trinajstić information content (AvgIpc) is 2.33. The lowest BCUT2D eigenvalue weighted by atomic mass is 10.2. The zero-order chi connectivity index (χ0) is 12.3. The van der Waals surface area contributed by atoms with Gasteiger partial charge in [-0.3, -0.25) is 0 Å². The van der Waals surface area contributed by atoms with Gasteiger partial charge >= 0.3 is 0 Å². The van der Waals surface area contributed by atoms with Gasteiger partial charge in [0.2, 0.25) is 0 Å². The number of benzene rings is 2. The molecule has 0 saturated heterocycles. The van der Waals surface area contributed by atoms with Gasteiger partial charge in [0.15, 0.2) is 0 Å². The van der Waals surface area contributed by atoms with Gasteiger partial charge in [0.1, 0.15) is 0 Å². The summed E-state index contributed by atoms with van der Waals surface area (Å²) in [7, 11) is 0. The van der Waals surface area contributed by atoms with E-state index in [1.807, 2.05) is 53.4 Å². The van der Waals surface area contributed by atoms with Crippen LogP contribution in [0.25, 0.3) is 0 Å². The molecule has 0 saturated carbocycles. The lowest BCUT2D eigenvalue weighted by Crippen LogP contribution is -2.24. The molecule has 2 aromatic carbocycles. The summed E-state index contributed by atoms with van der Waals surface area (Å²) < 4.78 is 0. The Morgan fingerprint density at radius 1 is 0.882 bits per heavy atom. The van der Waals surface area contributed by atoms with E-state index in [2.05, 4.69) is 0 Å². The molecule has 88 valence electrons. The van der Waals surface area contributed by atoms with Gasteiger partial charge in [0.25, 0.3) is 0 Å². The average molecular weight is 267 g/mol. The first kappa shape index (κ1) is 12.2. The molecule has 0 spiro atoms. The molecule has 0 heterocycles. The van der Waals surface area contributed by atoms with E-state index in [0.29, 0.717) is 16.7 Å². The maximum Gasteiger partial charge on any atom is 0.0706 e. The SMILES string of the molecule is NCN(c1ccc(Cl)cc1)c1cccc(Cl)c1. The standard InChI is InChI=1S/C13H12Cl2N2/c14-10-4-6-12(7-5-10)17(9-16)13-3-1-2-11(15)8-13/h1-8H,9,16H2. The van der Waals surface area contributed by atoms with Crippen LogP contribution in [0.2, 0.25) is 10.0 Å². The fourth-order valence-corrected chi connectivity index (χ4v) is 1.94. The van der Waals surface area contributed by atoms with Crippen LogP contribution < -0.4 is 10.6 Å². The first-order valence-electron chi connectivity index (χ1n) is 5.19. The van der Waals surface area contributed by atoms with Crippen molar-refractivity contribution in [1.82, 2.24) is 0 Å². The van der Waals surface area contributed by atoms with E-state index in [4.69, 9.17) is 28.9 Å². The fraction of sp³-hybridized carbons (Fsp3) is 0.0769. The minimum absolute atomic E-state index is 0.377. The van der Waals surface area contributed by atoms with E-state index in [-0.39, 0.29) is 0 Å². The Balaban J connectivity index is 2.36. The van der Waals surface area contributed by atoms with Crippen LogP contribution in [-0.4, -0.2) is 6.67 Å². The van der Waals surface area contributed by atoms with E-state index in [0.717, 1.165) is 11.4 Å². The van der Waals surface area contributed by atoms with Crippen molar-refractivity contribution in [1.29, 1.82) is 0 Å². The van der Waals surface area contributed by atoms with Crippen LogP contribution in [0.4, 0.5) is 11.4 Å². The summed E-state index contributed by atoms with van der Waals surface area (Å²) in [6.45, 7) is 0.377. The van der Waals surface area contributed by atoms with Crippen LogP contribution >= 0.6 is 23.2 Å². The van der Waals surface area contributed by atoms with Gasteiger partial charge in [-0.2, -0.15) is 0 Å². The zero-order valence-electron chi connectivity index (χ0n) is 9.11. The summed E-state index contributed by atoms with van der Waals surface area (Å²) in [5.74, 6) is 0. The predicted octanol–water partition coefficient (Wildman–Crippen LogP) is 4.05. The molecule has 17 heavy (non-hydrogen) atoms. The van der Waals surface area contributed by atoms with Crippen molar-refractivity contribution in [3.05, 3.63) is 58.6 Å². The Morgan fingerprint density at radius 2 is 1.59 bits per heavy atom. The van der Waals surface area contributed by atoms with E-state index < -0.39 is 0 Å². The number of hydrogen-bond donors (Lipinski definition) is 1. The second kappa shape index (κ2) is 5.41. The van der Waals surface area contributed by atoms with E-state index in [1.165, 1.54) is 0 Å². The topological polar surface area (TPSA) is 29.3 Å². The number of anilines is 2. The normalized spacial score (nSPS) is 10.3. The molecule has 0 radical (unpaired) electrons. The van der Waals surface area contributed by atoms with Crippen molar-refractivity contribution in [3.8, 4) is 0 Å². The number of halogens is 2. The van der Waals surface area contributed by atoms with Gasteiger partial charge in [0.05, 0.1) is 6.67 Å². The Kier molecular flexibility index (Phi) is 3.89. The Bertz CT molecular complexity index is 497. The zero-order valence-corrected chi connectivity index (χ0v) is 10.6. The number of nitrogens with zero attached hydrogens (tertiary/aromatic N) is 1. The number of hydrogen-bond acceptors (Lipinski definition) is 2. The van der Waals surface area contributed by atoms with E-state index in [1.54, 1.807) is 0 Å². The Hall–Kier alpha value is -1.22. The van der Waals surface area contributed by atoms with Crippen molar-refractivity contribution in [2.75, 3.05) is 11.6 Å². The molecule has 0 unspecified atom stereocenters. The molecule has 2 aromatic rings. The van der Waals surface area contributed by atoms with Crippen LogP contribution in [0.1, 0.15) is 0 Å². The molecule has 2 nitrogen and oxygen atoms in total. The molecule has 0 aliphatic heterocycles. The van der Waals surface area contributed by atoms with Crippen molar-refractivity contribution in [3.63, 3.8) is 0 Å². The summed E-state index contributed by atoms with van der Waals surface area (Å²) in [5.41, 5.74) is 7.72. The predicted molar refractivity (Wildman–Crippen MR) is 74.1 cm³/mol. The first-order valence-corrected chi connectivity index (χ1v) is 5.95. The van der Waals surface area contributed by atoms with Crippen molar-refractivity contribution in [2.45, 2.75) is 0 Å². The number of rotatable bonds is 3. The van der Waals surface area contributed by atoms with Crippen molar-refractivity contribution < 1.29 is 0 Å². The highest BCUT2D eigenvalue weighted by molar-refractivity contribution is 6.31. The van der Waals surface area contributed by atoms with Gasteiger partial charge in [-0.25, -0.2) is 0 Å². The fourth-order valence-electron chi connectivity index (χ4n) is 1.62. The third kappa shape index (κ3) is 2.91. The van der Waals surface area contributed by atoms with Gasteiger partial charge in [0, 0.05) is 21.4 Å². The quantitative estimate of drug-likeness (QED) is 0.850. The van der Waals surface area contributed by atoms with Crippen LogP contribution in [0, 0.1) is 0 Å². The Labute approximate surface area is 111 Å². The smallest absolute Gasteiger partial charge is 0.0706 e. The highest BCUT2D eigenvalue weighted by Gasteiger charge is 2.07. The second-order valence-corrected chi connectivity index (χ2v) is 4.44. The third-order valence-corrected chi connectivity index (χ3v) is 2.93. The molecule has 4 heteroatoms. The van der Waals surface area contributed by atoms with Gasteiger partial charge in [-0.15, -0.1) is 0 Å². The van der Waals surface area contributed by atoms with Gasteiger partial charge in [-0.05, 0) is 42.5 Å². The highest BCUT2D eigenvalue weighted by Crippen LogP contribution is 2.27. The van der Waals surface area contributed by atoms with Crippen LogP contribution in [0.3, 0.4) is 0 Å². The van der Waals surface area contributed by atoms with Crippen LogP contribution in [0.15, 0.2) is 48.5 Å². The molecule has 0 aliphatic rings. The highest BCUT2D eigenvalue weighted by atomic mass is 35.5. The molecule has 0 aromatic heterocycles. The lowest BCUT2D eigenvalue weighted by Gasteiger charge is -2.23. The van der Waals surface area contributed by atoms with Crippen LogP contribution in [0.5, 0.6) is 0 Å². The molecule has 2 rings (SSSR count). The van der Waals surface area contributed by atoms with E-state index >= 15 is 0 Å². The van der Waals surface area contributed by atoms with Crippen LogP contribution in [-0.2, 0) is 0 Å². The molecular weight excluding hydrogens is 255 g/mol. The van der Waals surface area contributed by atoms with Gasteiger partial charge < -0.3 is 10.6 Å². The van der Waals surface area contributed by atoms with Crippen molar-refractivity contribution in [2.24, 2.45) is 5.73 Å². The summed E-state index contributed by atoms with van der Waals surface area (Å²) in [6.07, 6.45) is 0. The molecule has 0 amide bonds. The maximum absolute atomic E-state index is 5.97. The minimum atomic E-state index is 0.377. The minimum Gasteiger partial charge on any atom is -0.328 e. The molecule has 0 aliphatic carbocycles. The summed E-state index contributed by atoms with van der Waals surface area (Å²) in [4.78, 5) is 1.96. The Morgan fingerprint density at radius 3 is 2.18 bits per heavy atom. The summed E-state index contributed by atoms with van der Waals surface area (Å²) >= 11 is 11.8. The molecule has 0 bridgehead atoms. The molecule has 2 N–H and O–H groups in total. The number of nitrogens with two attached hydrogens (primary N) is 1.